The molecule has 0 aromatic heterocycles. The quantitative estimate of drug-likeness (QED) is 0.596. The van der Waals surface area contributed by atoms with Crippen molar-refractivity contribution in [3.05, 3.63) is 50.6 Å². The molecule has 2 aromatic carbocycles. The highest BCUT2D eigenvalue weighted by Gasteiger charge is 2.27. The topological polar surface area (TPSA) is 0 Å². The second-order valence-electron chi connectivity index (χ2n) is 6.67. The molecule has 0 saturated carbocycles. The van der Waals surface area contributed by atoms with Gasteiger partial charge in [0.25, 0.3) is 0 Å². The Kier molecular flexibility index (Phi) is 3.24. The van der Waals surface area contributed by atoms with E-state index in [1.807, 2.05) is 0 Å². The molecule has 0 N–H and O–H groups in total. The van der Waals surface area contributed by atoms with Crippen LogP contribution >= 0.6 is 0 Å². The molecule has 0 radical (unpaired) electrons. The van der Waals surface area contributed by atoms with Crippen molar-refractivity contribution < 1.29 is 0 Å². The molecule has 21 heavy (non-hydrogen) atoms. The van der Waals surface area contributed by atoms with E-state index in [2.05, 4.69) is 54.5 Å². The summed E-state index contributed by atoms with van der Waals surface area (Å²) in [6, 6.07) is 0. The van der Waals surface area contributed by atoms with Gasteiger partial charge in [-0.25, -0.2) is 0 Å². The van der Waals surface area contributed by atoms with E-state index in [4.69, 9.17) is 0 Å². The molecule has 0 nitrogen and oxygen atoms in total. The maximum atomic E-state index is 2.43. The minimum absolute atomic E-state index is 1.12. The van der Waals surface area contributed by atoms with E-state index in [-0.39, 0.29) is 0 Å². The lowest BCUT2D eigenvalue weighted by atomic mass is 9.85. The molecule has 1 aliphatic rings. The van der Waals surface area contributed by atoms with Crippen LogP contribution in [0.2, 0.25) is 0 Å². The number of hydrogen-bond donors (Lipinski definition) is 0. The van der Waals surface area contributed by atoms with Crippen molar-refractivity contribution in [1.82, 2.24) is 0 Å². The zero-order valence-corrected chi connectivity index (χ0v) is 14.5. The minimum Gasteiger partial charge on any atom is -0.0806 e. The lowest BCUT2D eigenvalue weighted by Gasteiger charge is -2.19. The first-order chi connectivity index (χ1) is 9.90. The molecule has 0 amide bonds. The van der Waals surface area contributed by atoms with Crippen LogP contribution in [0.25, 0.3) is 16.3 Å². The van der Waals surface area contributed by atoms with E-state index in [0.717, 1.165) is 12.8 Å². The molecule has 0 aliphatic heterocycles. The lowest BCUT2D eigenvalue weighted by Crippen LogP contribution is -1.99. The van der Waals surface area contributed by atoms with Crippen LogP contribution in [0.3, 0.4) is 0 Å². The molecular weight excluding hydrogens is 252 g/mol. The number of benzene rings is 2. The molecule has 0 heterocycles. The van der Waals surface area contributed by atoms with Crippen molar-refractivity contribution in [2.75, 3.05) is 0 Å². The molecular formula is C21H26. The monoisotopic (exact) mass is 278 g/mol. The van der Waals surface area contributed by atoms with Gasteiger partial charge in [-0.15, -0.1) is 0 Å². The Balaban J connectivity index is 2.62. The highest BCUT2D eigenvalue weighted by molar-refractivity contribution is 6.07. The Morgan fingerprint density at radius 1 is 0.714 bits per heavy atom. The fourth-order valence-electron chi connectivity index (χ4n) is 4.13. The van der Waals surface area contributed by atoms with E-state index in [1.165, 1.54) is 44.3 Å². The van der Waals surface area contributed by atoms with Crippen LogP contribution in [0.4, 0.5) is 0 Å². The molecule has 110 valence electrons. The van der Waals surface area contributed by atoms with Crippen molar-refractivity contribution in [3.63, 3.8) is 0 Å². The Morgan fingerprint density at radius 3 is 1.86 bits per heavy atom. The van der Waals surface area contributed by atoms with Crippen molar-refractivity contribution >= 4 is 16.3 Å². The van der Waals surface area contributed by atoms with Crippen molar-refractivity contribution in [2.45, 2.75) is 61.3 Å². The van der Waals surface area contributed by atoms with Crippen molar-refractivity contribution in [3.8, 4) is 0 Å². The SMILES string of the molecule is CC/C=C1\Cc2c(C)c(C)c(C)c3c(C)c(C)c(C)c1c23. The van der Waals surface area contributed by atoms with Gasteiger partial charge in [0.1, 0.15) is 0 Å². The van der Waals surface area contributed by atoms with Gasteiger partial charge in [0.15, 0.2) is 0 Å². The van der Waals surface area contributed by atoms with Gasteiger partial charge in [-0.1, -0.05) is 13.0 Å². The summed E-state index contributed by atoms with van der Waals surface area (Å²) in [5, 5.41) is 3.07. The van der Waals surface area contributed by atoms with Gasteiger partial charge >= 0.3 is 0 Å². The number of allylic oxidation sites excluding steroid dienone is 2. The van der Waals surface area contributed by atoms with Gasteiger partial charge in [-0.2, -0.15) is 0 Å². The van der Waals surface area contributed by atoms with Crippen LogP contribution in [0.15, 0.2) is 6.08 Å². The van der Waals surface area contributed by atoms with E-state index in [1.54, 1.807) is 16.5 Å². The molecule has 2 aromatic rings. The molecule has 0 bridgehead atoms. The number of hydrogen-bond acceptors (Lipinski definition) is 0. The molecule has 0 unspecified atom stereocenters. The standard InChI is InChI=1S/C21H26/c1-8-9-17-10-18-13(4)11(2)14(5)19-15(6)12(3)16(7)20(17)21(18)19/h9H,8,10H2,1-7H3/b17-9+. The predicted octanol–water partition coefficient (Wildman–Crippen LogP) is 6.04. The fraction of sp³-hybridized carbons (Fsp3) is 0.429. The maximum Gasteiger partial charge on any atom is -0.00136 e. The Labute approximate surface area is 128 Å². The molecule has 3 rings (SSSR count). The Bertz CT molecular complexity index is 793. The number of rotatable bonds is 1. The van der Waals surface area contributed by atoms with E-state index >= 15 is 0 Å². The summed E-state index contributed by atoms with van der Waals surface area (Å²) in [7, 11) is 0. The third-order valence-corrected chi connectivity index (χ3v) is 5.77. The molecule has 0 spiro atoms. The van der Waals surface area contributed by atoms with Crippen LogP contribution in [-0.4, -0.2) is 0 Å². The normalized spacial score (nSPS) is 15.5. The first-order valence-corrected chi connectivity index (χ1v) is 8.11. The second-order valence-corrected chi connectivity index (χ2v) is 6.67. The molecule has 0 heteroatoms. The van der Waals surface area contributed by atoms with E-state index in [0.29, 0.717) is 0 Å². The van der Waals surface area contributed by atoms with Crippen LogP contribution in [0.1, 0.15) is 57.9 Å². The molecule has 0 saturated heterocycles. The smallest absolute Gasteiger partial charge is 0.00136 e. The summed E-state index contributed by atoms with van der Waals surface area (Å²) in [6.45, 7) is 16.0. The summed E-state index contributed by atoms with van der Waals surface area (Å²) in [4.78, 5) is 0. The Hall–Kier alpha value is -1.56. The van der Waals surface area contributed by atoms with Gasteiger partial charge in [0.05, 0.1) is 0 Å². The zero-order chi connectivity index (χ0) is 15.5. The second kappa shape index (κ2) is 4.73. The predicted molar refractivity (Wildman–Crippen MR) is 94.3 cm³/mol. The largest absolute Gasteiger partial charge is 0.0806 e. The van der Waals surface area contributed by atoms with Crippen molar-refractivity contribution in [2.24, 2.45) is 0 Å². The van der Waals surface area contributed by atoms with E-state index in [9.17, 15) is 0 Å². The van der Waals surface area contributed by atoms with Gasteiger partial charge in [-0.3, -0.25) is 0 Å². The third-order valence-electron chi connectivity index (χ3n) is 5.77. The lowest BCUT2D eigenvalue weighted by molar-refractivity contribution is 1.19. The first-order valence-electron chi connectivity index (χ1n) is 8.11. The van der Waals surface area contributed by atoms with Crippen molar-refractivity contribution in [1.29, 1.82) is 0 Å². The van der Waals surface area contributed by atoms with Gasteiger partial charge in [0, 0.05) is 0 Å². The highest BCUT2D eigenvalue weighted by Crippen LogP contribution is 2.46. The van der Waals surface area contributed by atoms with Crippen LogP contribution in [0, 0.1) is 41.5 Å². The average molecular weight is 278 g/mol. The summed E-state index contributed by atoms with van der Waals surface area (Å²) in [5.41, 5.74) is 13.6. The Morgan fingerprint density at radius 2 is 1.29 bits per heavy atom. The summed E-state index contributed by atoms with van der Waals surface area (Å²) in [5.74, 6) is 0. The molecule has 0 atom stereocenters. The maximum absolute atomic E-state index is 2.43. The fourth-order valence-corrected chi connectivity index (χ4v) is 4.13. The van der Waals surface area contributed by atoms with Gasteiger partial charge in [-0.05, 0) is 115 Å². The molecule has 0 fully saturated rings. The van der Waals surface area contributed by atoms with Crippen LogP contribution in [0.5, 0.6) is 0 Å². The van der Waals surface area contributed by atoms with Gasteiger partial charge in [0.2, 0.25) is 0 Å². The highest BCUT2D eigenvalue weighted by atomic mass is 14.3. The molecule has 1 aliphatic carbocycles. The summed E-state index contributed by atoms with van der Waals surface area (Å²) >= 11 is 0. The van der Waals surface area contributed by atoms with Crippen LogP contribution < -0.4 is 0 Å². The van der Waals surface area contributed by atoms with Gasteiger partial charge < -0.3 is 0 Å². The summed E-state index contributed by atoms with van der Waals surface area (Å²) < 4.78 is 0. The first kappa shape index (κ1) is 14.4. The minimum atomic E-state index is 1.12. The zero-order valence-electron chi connectivity index (χ0n) is 14.5. The number of aryl methyl sites for hydroxylation is 2. The summed E-state index contributed by atoms with van der Waals surface area (Å²) in [6.07, 6.45) is 4.67. The van der Waals surface area contributed by atoms with E-state index < -0.39 is 0 Å². The average Bonchev–Trinajstić information content (AvgIpc) is 2.82. The van der Waals surface area contributed by atoms with Crippen LogP contribution in [-0.2, 0) is 6.42 Å². The third kappa shape index (κ3) is 1.75.